The number of aryl methyl sites for hydroxylation is 2. The fourth-order valence-electron chi connectivity index (χ4n) is 3.11. The molecule has 29 heavy (non-hydrogen) atoms. The fraction of sp³-hybridized carbons (Fsp3) is 0.381. The van der Waals surface area contributed by atoms with Gasteiger partial charge in [0.2, 0.25) is 11.1 Å². The topological polar surface area (TPSA) is 89.2 Å². The second kappa shape index (κ2) is 9.17. The first-order chi connectivity index (χ1) is 13.9. The number of carbonyl (C=O) groups is 2. The number of carbonyl (C=O) groups excluding carboxylic acids is 2. The highest BCUT2D eigenvalue weighted by atomic mass is 32.2. The molecule has 0 unspecified atom stereocenters. The Morgan fingerprint density at radius 3 is 2.72 bits per heavy atom. The summed E-state index contributed by atoms with van der Waals surface area (Å²) in [6.45, 7) is 7.70. The molecule has 0 atom stereocenters. The number of thioether (sulfide) groups is 1. The van der Waals surface area contributed by atoms with Crippen molar-refractivity contribution in [2.75, 3.05) is 11.1 Å². The summed E-state index contributed by atoms with van der Waals surface area (Å²) < 4.78 is 1.76. The zero-order chi connectivity index (χ0) is 21.0. The quantitative estimate of drug-likeness (QED) is 0.445. The molecule has 0 aliphatic rings. The largest absolute Gasteiger partial charge is 0.325 e. The predicted molar refractivity (Wildman–Crippen MR) is 115 cm³/mol. The van der Waals surface area contributed by atoms with Gasteiger partial charge >= 0.3 is 0 Å². The van der Waals surface area contributed by atoms with E-state index in [1.165, 1.54) is 24.2 Å². The summed E-state index contributed by atoms with van der Waals surface area (Å²) in [6, 6.07) is 6.89. The fourth-order valence-corrected chi connectivity index (χ4v) is 3.73. The number of nitrogens with one attached hydrogen (secondary N) is 1. The van der Waals surface area contributed by atoms with Crippen LogP contribution in [0.1, 0.15) is 54.0 Å². The van der Waals surface area contributed by atoms with Gasteiger partial charge in [0.15, 0.2) is 5.78 Å². The third-order valence-electron chi connectivity index (χ3n) is 4.70. The highest BCUT2D eigenvalue weighted by Gasteiger charge is 2.14. The van der Waals surface area contributed by atoms with Gasteiger partial charge in [-0.05, 0) is 51.3 Å². The van der Waals surface area contributed by atoms with E-state index in [-0.39, 0.29) is 17.4 Å². The number of unbranched alkanes of at least 4 members (excludes halogenated alkanes) is 1. The number of rotatable bonds is 8. The SMILES string of the molecule is CCCCc1c(C)nc2nc(SCC(=O)Nc3cccc(C(C)=O)c3)nn2c1C. The lowest BCUT2D eigenvalue weighted by Gasteiger charge is -2.09. The number of benzene rings is 1. The van der Waals surface area contributed by atoms with Crippen LogP contribution < -0.4 is 5.32 Å². The summed E-state index contributed by atoms with van der Waals surface area (Å²) in [5, 5.41) is 7.84. The second-order valence-corrected chi connectivity index (χ2v) is 7.89. The Labute approximate surface area is 174 Å². The van der Waals surface area contributed by atoms with E-state index in [1.807, 2.05) is 13.8 Å². The van der Waals surface area contributed by atoms with Gasteiger partial charge in [0, 0.05) is 22.6 Å². The van der Waals surface area contributed by atoms with E-state index in [2.05, 4.69) is 27.3 Å². The number of ketones is 1. The Morgan fingerprint density at radius 1 is 1.21 bits per heavy atom. The van der Waals surface area contributed by atoms with E-state index in [0.717, 1.165) is 30.7 Å². The van der Waals surface area contributed by atoms with Crippen LogP contribution in [0.3, 0.4) is 0 Å². The normalized spacial score (nSPS) is 11.0. The summed E-state index contributed by atoms with van der Waals surface area (Å²) in [7, 11) is 0. The molecular formula is C21H25N5O2S. The first-order valence-electron chi connectivity index (χ1n) is 9.65. The van der Waals surface area contributed by atoms with Gasteiger partial charge in [0.25, 0.3) is 5.78 Å². The van der Waals surface area contributed by atoms with Crippen molar-refractivity contribution in [3.8, 4) is 0 Å². The van der Waals surface area contributed by atoms with Crippen LogP contribution in [0.5, 0.6) is 0 Å². The maximum atomic E-state index is 12.3. The summed E-state index contributed by atoms with van der Waals surface area (Å²) in [4.78, 5) is 32.8. The minimum Gasteiger partial charge on any atom is -0.325 e. The van der Waals surface area contributed by atoms with Gasteiger partial charge in [-0.3, -0.25) is 9.59 Å². The van der Waals surface area contributed by atoms with E-state index in [0.29, 0.717) is 22.2 Å². The van der Waals surface area contributed by atoms with E-state index >= 15 is 0 Å². The first kappa shape index (κ1) is 21.0. The molecule has 0 spiro atoms. The van der Waals surface area contributed by atoms with Crippen LogP contribution >= 0.6 is 11.8 Å². The monoisotopic (exact) mass is 411 g/mol. The smallest absolute Gasteiger partial charge is 0.253 e. The number of aromatic nitrogens is 4. The molecule has 0 fully saturated rings. The number of nitrogens with zero attached hydrogens (tertiary/aromatic N) is 4. The molecule has 152 valence electrons. The molecule has 1 amide bonds. The minimum atomic E-state index is -0.181. The molecule has 3 rings (SSSR count). The number of hydrogen-bond donors (Lipinski definition) is 1. The van der Waals surface area contributed by atoms with Crippen molar-refractivity contribution in [1.29, 1.82) is 0 Å². The van der Waals surface area contributed by atoms with Gasteiger partial charge in [0.1, 0.15) is 0 Å². The lowest BCUT2D eigenvalue weighted by atomic mass is 10.1. The highest BCUT2D eigenvalue weighted by Crippen LogP contribution is 2.20. The van der Waals surface area contributed by atoms with Crippen LogP contribution in [-0.4, -0.2) is 37.0 Å². The van der Waals surface area contributed by atoms with Gasteiger partial charge in [-0.2, -0.15) is 4.98 Å². The van der Waals surface area contributed by atoms with Gasteiger partial charge in [-0.1, -0.05) is 37.2 Å². The van der Waals surface area contributed by atoms with Crippen LogP contribution in [0.25, 0.3) is 5.78 Å². The molecule has 0 aliphatic heterocycles. The van der Waals surface area contributed by atoms with Crippen LogP contribution in [0.4, 0.5) is 5.69 Å². The first-order valence-corrected chi connectivity index (χ1v) is 10.6. The Kier molecular flexibility index (Phi) is 6.64. The lowest BCUT2D eigenvalue weighted by molar-refractivity contribution is -0.113. The summed E-state index contributed by atoms with van der Waals surface area (Å²) in [5.41, 5.74) is 4.40. The molecular weight excluding hydrogens is 386 g/mol. The average molecular weight is 412 g/mol. The van der Waals surface area contributed by atoms with Crippen molar-refractivity contribution >= 4 is 34.9 Å². The van der Waals surface area contributed by atoms with Gasteiger partial charge < -0.3 is 5.32 Å². The van der Waals surface area contributed by atoms with Crippen LogP contribution in [0, 0.1) is 13.8 Å². The molecule has 8 heteroatoms. The van der Waals surface area contributed by atoms with Crippen molar-refractivity contribution in [2.45, 2.75) is 52.1 Å². The molecule has 0 saturated carbocycles. The summed E-state index contributed by atoms with van der Waals surface area (Å²) in [5.74, 6) is 0.499. The number of fused-ring (bicyclic) bond motifs is 1. The molecule has 0 saturated heterocycles. The molecule has 0 radical (unpaired) electrons. The molecule has 1 aromatic carbocycles. The minimum absolute atomic E-state index is 0.0409. The molecule has 7 nitrogen and oxygen atoms in total. The van der Waals surface area contributed by atoms with Crippen molar-refractivity contribution in [1.82, 2.24) is 19.6 Å². The summed E-state index contributed by atoms with van der Waals surface area (Å²) >= 11 is 1.26. The number of hydrogen-bond acceptors (Lipinski definition) is 6. The van der Waals surface area contributed by atoms with Crippen LogP contribution in [0.15, 0.2) is 29.4 Å². The second-order valence-electron chi connectivity index (χ2n) is 6.94. The Balaban J connectivity index is 1.69. The third-order valence-corrected chi connectivity index (χ3v) is 5.53. The lowest BCUT2D eigenvalue weighted by Crippen LogP contribution is -2.14. The van der Waals surface area contributed by atoms with Crippen LogP contribution in [-0.2, 0) is 11.2 Å². The number of Topliss-reactive ketones (excluding diaryl/α,β-unsaturated/α-hetero) is 1. The number of amides is 1. The Bertz CT molecular complexity index is 1060. The molecule has 2 aromatic heterocycles. The zero-order valence-electron chi connectivity index (χ0n) is 17.2. The van der Waals surface area contributed by atoms with E-state index in [9.17, 15) is 9.59 Å². The molecule has 1 N–H and O–H groups in total. The standard InChI is InChI=1S/C21H25N5O2S/c1-5-6-10-18-13(2)22-20-24-21(25-26(20)14(18)3)29-12-19(28)23-17-9-7-8-16(11-17)15(4)27/h7-9,11H,5-6,10,12H2,1-4H3,(H,23,28). The summed E-state index contributed by atoms with van der Waals surface area (Å²) in [6.07, 6.45) is 3.21. The van der Waals surface area contributed by atoms with Gasteiger partial charge in [-0.15, -0.1) is 5.10 Å². The maximum Gasteiger partial charge on any atom is 0.253 e. The van der Waals surface area contributed by atoms with Gasteiger partial charge in [0.05, 0.1) is 5.75 Å². The predicted octanol–water partition coefficient (Wildman–Crippen LogP) is 4.02. The van der Waals surface area contributed by atoms with Gasteiger partial charge in [-0.25, -0.2) is 9.50 Å². The highest BCUT2D eigenvalue weighted by molar-refractivity contribution is 7.99. The zero-order valence-corrected chi connectivity index (χ0v) is 18.0. The van der Waals surface area contributed by atoms with E-state index in [4.69, 9.17) is 0 Å². The van der Waals surface area contributed by atoms with Crippen molar-refractivity contribution in [3.05, 3.63) is 46.8 Å². The number of anilines is 1. The van der Waals surface area contributed by atoms with E-state index in [1.54, 1.807) is 28.8 Å². The van der Waals surface area contributed by atoms with E-state index < -0.39 is 0 Å². The van der Waals surface area contributed by atoms with Crippen molar-refractivity contribution in [2.24, 2.45) is 0 Å². The Morgan fingerprint density at radius 2 is 2.00 bits per heavy atom. The molecule has 3 aromatic rings. The van der Waals surface area contributed by atoms with Crippen LogP contribution in [0.2, 0.25) is 0 Å². The third kappa shape index (κ3) is 5.00. The van der Waals surface area contributed by atoms with Crippen molar-refractivity contribution < 1.29 is 9.59 Å². The maximum absolute atomic E-state index is 12.3. The van der Waals surface area contributed by atoms with Crippen molar-refractivity contribution in [3.63, 3.8) is 0 Å². The molecule has 2 heterocycles. The molecule has 0 aliphatic carbocycles. The Hall–Kier alpha value is -2.74. The average Bonchev–Trinajstić information content (AvgIpc) is 3.09. The molecule has 0 bridgehead atoms.